The van der Waals surface area contributed by atoms with E-state index in [1.807, 2.05) is 60.7 Å². The van der Waals surface area contributed by atoms with Crippen molar-refractivity contribution in [3.63, 3.8) is 0 Å². The number of rotatable bonds is 5. The van der Waals surface area contributed by atoms with Gasteiger partial charge in [-0.2, -0.15) is 0 Å². The summed E-state index contributed by atoms with van der Waals surface area (Å²) in [6.45, 7) is 0. The highest BCUT2D eigenvalue weighted by Gasteiger charge is 2.24. The van der Waals surface area contributed by atoms with Crippen LogP contribution in [0.3, 0.4) is 0 Å². The Morgan fingerprint density at radius 3 is 1.85 bits per heavy atom. The first-order valence-electron chi connectivity index (χ1n) is 6.49. The van der Waals surface area contributed by atoms with Crippen molar-refractivity contribution in [2.75, 3.05) is 0 Å². The number of hydrazine groups is 1. The smallest absolute Gasteiger partial charge is 0.236 e. The van der Waals surface area contributed by atoms with Gasteiger partial charge in [-0.1, -0.05) is 60.7 Å². The molecular formula is C16H18N2O2. The Bertz CT molecular complexity index is 503. The molecule has 4 nitrogen and oxygen atoms in total. The quantitative estimate of drug-likeness (QED) is 0.438. The molecule has 4 heteroatoms. The molecule has 0 saturated heterocycles. The summed E-state index contributed by atoms with van der Waals surface area (Å²) in [5, 5.41) is 10.4. The van der Waals surface area contributed by atoms with E-state index in [9.17, 15) is 9.90 Å². The Morgan fingerprint density at radius 2 is 1.45 bits per heavy atom. The van der Waals surface area contributed by atoms with Crippen LogP contribution in [0, 0.1) is 0 Å². The maximum absolute atomic E-state index is 11.4. The predicted molar refractivity (Wildman–Crippen MR) is 77.7 cm³/mol. The molecule has 0 radical (unpaired) electrons. The summed E-state index contributed by atoms with van der Waals surface area (Å²) in [5.74, 6) is 4.45. The molecule has 0 bridgehead atoms. The summed E-state index contributed by atoms with van der Waals surface area (Å²) < 4.78 is 0. The van der Waals surface area contributed by atoms with E-state index in [2.05, 4.69) is 5.43 Å². The van der Waals surface area contributed by atoms with Gasteiger partial charge in [0.15, 0.2) is 0 Å². The lowest BCUT2D eigenvalue weighted by molar-refractivity contribution is -0.123. The summed E-state index contributed by atoms with van der Waals surface area (Å²) in [6.07, 6.45) is -0.867. The van der Waals surface area contributed by atoms with E-state index in [1.54, 1.807) is 0 Å². The molecule has 104 valence electrons. The maximum Gasteiger partial charge on any atom is 0.236 e. The molecule has 0 aliphatic carbocycles. The van der Waals surface area contributed by atoms with Crippen LogP contribution >= 0.6 is 0 Å². The molecule has 2 aromatic rings. The van der Waals surface area contributed by atoms with Gasteiger partial charge in [0.25, 0.3) is 0 Å². The zero-order chi connectivity index (χ0) is 14.4. The van der Waals surface area contributed by atoms with Gasteiger partial charge in [-0.05, 0) is 11.1 Å². The Kier molecular flexibility index (Phi) is 4.87. The number of hydrogen-bond donors (Lipinski definition) is 3. The fourth-order valence-corrected chi connectivity index (χ4v) is 2.32. The second-order valence-corrected chi connectivity index (χ2v) is 4.64. The van der Waals surface area contributed by atoms with E-state index in [0.717, 1.165) is 11.1 Å². The van der Waals surface area contributed by atoms with E-state index in [0.29, 0.717) is 0 Å². The number of carbonyl (C=O) groups is 1. The summed E-state index contributed by atoms with van der Waals surface area (Å²) in [7, 11) is 0. The maximum atomic E-state index is 11.4. The van der Waals surface area contributed by atoms with Gasteiger partial charge in [-0.15, -0.1) is 0 Å². The molecule has 0 saturated carbocycles. The van der Waals surface area contributed by atoms with E-state index < -0.39 is 6.10 Å². The minimum atomic E-state index is -0.830. The third kappa shape index (κ3) is 3.44. The highest BCUT2D eigenvalue weighted by atomic mass is 16.3. The molecule has 0 fully saturated rings. The van der Waals surface area contributed by atoms with Crippen molar-refractivity contribution < 1.29 is 9.90 Å². The third-order valence-corrected chi connectivity index (χ3v) is 3.26. The SMILES string of the molecule is NNC(=O)CC(O)C(c1ccccc1)c1ccccc1. The van der Waals surface area contributed by atoms with Crippen molar-refractivity contribution in [1.29, 1.82) is 0 Å². The Balaban J connectivity index is 2.32. The van der Waals surface area contributed by atoms with Crippen LogP contribution in [0.1, 0.15) is 23.5 Å². The number of amides is 1. The van der Waals surface area contributed by atoms with E-state index in [-0.39, 0.29) is 18.2 Å². The molecule has 1 amide bonds. The average molecular weight is 270 g/mol. The summed E-state index contributed by atoms with van der Waals surface area (Å²) in [6, 6.07) is 19.3. The molecule has 0 aliphatic heterocycles. The predicted octanol–water partition coefficient (Wildman–Crippen LogP) is 1.56. The number of nitrogens with one attached hydrogen (secondary N) is 1. The number of hydrogen-bond acceptors (Lipinski definition) is 3. The second kappa shape index (κ2) is 6.84. The molecule has 1 unspecified atom stereocenters. The fraction of sp³-hybridized carbons (Fsp3) is 0.188. The first kappa shape index (κ1) is 14.2. The summed E-state index contributed by atoms with van der Waals surface area (Å²) in [5.41, 5.74) is 3.99. The van der Waals surface area contributed by atoms with Crippen LogP contribution in [-0.4, -0.2) is 17.1 Å². The lowest BCUT2D eigenvalue weighted by Gasteiger charge is -2.23. The molecule has 2 aromatic carbocycles. The van der Waals surface area contributed by atoms with Gasteiger partial charge in [-0.3, -0.25) is 10.2 Å². The Morgan fingerprint density at radius 1 is 1.00 bits per heavy atom. The van der Waals surface area contributed by atoms with Crippen LogP contribution in [0.25, 0.3) is 0 Å². The second-order valence-electron chi connectivity index (χ2n) is 4.64. The van der Waals surface area contributed by atoms with Gasteiger partial charge in [0.2, 0.25) is 5.91 Å². The highest BCUT2D eigenvalue weighted by molar-refractivity contribution is 5.75. The van der Waals surface area contributed by atoms with Crippen molar-refractivity contribution in [2.45, 2.75) is 18.4 Å². The van der Waals surface area contributed by atoms with Crippen LogP contribution in [-0.2, 0) is 4.79 Å². The lowest BCUT2D eigenvalue weighted by Crippen LogP contribution is -2.34. The Labute approximate surface area is 118 Å². The summed E-state index contributed by atoms with van der Waals surface area (Å²) >= 11 is 0. The summed E-state index contributed by atoms with van der Waals surface area (Å²) in [4.78, 5) is 11.4. The average Bonchev–Trinajstić information content (AvgIpc) is 2.49. The van der Waals surface area contributed by atoms with Crippen LogP contribution in [0.4, 0.5) is 0 Å². The minimum absolute atomic E-state index is 0.0368. The zero-order valence-corrected chi connectivity index (χ0v) is 11.1. The van der Waals surface area contributed by atoms with Crippen LogP contribution < -0.4 is 11.3 Å². The topological polar surface area (TPSA) is 75.3 Å². The standard InChI is InChI=1S/C16H18N2O2/c17-18-15(20)11-14(19)16(12-7-3-1-4-8-12)13-9-5-2-6-10-13/h1-10,14,16,19H,11,17H2,(H,18,20). The molecule has 0 spiro atoms. The molecule has 4 N–H and O–H groups in total. The highest BCUT2D eigenvalue weighted by Crippen LogP contribution is 2.29. The molecule has 0 heterocycles. The van der Waals surface area contributed by atoms with Crippen molar-refractivity contribution in [1.82, 2.24) is 5.43 Å². The first-order valence-corrected chi connectivity index (χ1v) is 6.49. The van der Waals surface area contributed by atoms with Crippen LogP contribution in [0.2, 0.25) is 0 Å². The molecule has 0 aliphatic rings. The third-order valence-electron chi connectivity index (χ3n) is 3.26. The fourth-order valence-electron chi connectivity index (χ4n) is 2.32. The number of aliphatic hydroxyl groups excluding tert-OH is 1. The van der Waals surface area contributed by atoms with Crippen LogP contribution in [0.15, 0.2) is 60.7 Å². The monoisotopic (exact) mass is 270 g/mol. The largest absolute Gasteiger partial charge is 0.392 e. The molecule has 2 rings (SSSR count). The number of benzene rings is 2. The van der Waals surface area contributed by atoms with Crippen LogP contribution in [0.5, 0.6) is 0 Å². The van der Waals surface area contributed by atoms with Gasteiger partial charge in [0.1, 0.15) is 0 Å². The number of aliphatic hydroxyl groups is 1. The van der Waals surface area contributed by atoms with E-state index in [1.165, 1.54) is 0 Å². The molecular weight excluding hydrogens is 252 g/mol. The van der Waals surface area contributed by atoms with Crippen molar-refractivity contribution in [3.05, 3.63) is 71.8 Å². The molecule has 1 atom stereocenters. The van der Waals surface area contributed by atoms with Gasteiger partial charge in [-0.25, -0.2) is 5.84 Å². The Hall–Kier alpha value is -2.17. The van der Waals surface area contributed by atoms with Gasteiger partial charge in [0.05, 0.1) is 12.5 Å². The van der Waals surface area contributed by atoms with Gasteiger partial charge >= 0.3 is 0 Å². The number of nitrogens with two attached hydrogens (primary N) is 1. The van der Waals surface area contributed by atoms with E-state index in [4.69, 9.17) is 5.84 Å². The van der Waals surface area contributed by atoms with Crippen molar-refractivity contribution in [2.24, 2.45) is 5.84 Å². The van der Waals surface area contributed by atoms with E-state index >= 15 is 0 Å². The molecule has 0 aromatic heterocycles. The normalized spacial score (nSPS) is 12.2. The lowest BCUT2D eigenvalue weighted by atomic mass is 9.85. The first-order chi connectivity index (χ1) is 9.72. The zero-order valence-electron chi connectivity index (χ0n) is 11.1. The number of carbonyl (C=O) groups excluding carboxylic acids is 1. The van der Waals surface area contributed by atoms with Crippen molar-refractivity contribution in [3.8, 4) is 0 Å². The van der Waals surface area contributed by atoms with Gasteiger partial charge in [0, 0.05) is 5.92 Å². The van der Waals surface area contributed by atoms with Gasteiger partial charge < -0.3 is 5.11 Å². The van der Waals surface area contributed by atoms with Crippen molar-refractivity contribution >= 4 is 5.91 Å². The minimum Gasteiger partial charge on any atom is -0.392 e. The molecule has 20 heavy (non-hydrogen) atoms.